The Kier molecular flexibility index (Phi) is 3.93. The van der Waals surface area contributed by atoms with Crippen molar-refractivity contribution in [1.29, 1.82) is 5.26 Å². The zero-order valence-corrected chi connectivity index (χ0v) is 10.6. The van der Waals surface area contributed by atoms with E-state index >= 15 is 0 Å². The third-order valence-corrected chi connectivity index (χ3v) is 3.53. The molecule has 0 spiro atoms. The molecule has 4 heteroatoms. The molecule has 0 radical (unpaired) electrons. The van der Waals surface area contributed by atoms with Crippen molar-refractivity contribution in [2.45, 2.75) is 25.7 Å². The predicted molar refractivity (Wildman–Crippen MR) is 67.9 cm³/mol. The maximum atomic E-state index is 12.2. The molecular formula is C14H17N3O. The smallest absolute Gasteiger partial charge is 0.256 e. The Bertz CT molecular complexity index is 472. The van der Waals surface area contributed by atoms with Crippen molar-refractivity contribution in [2.75, 3.05) is 13.6 Å². The fraction of sp³-hybridized carbons (Fsp3) is 0.500. The van der Waals surface area contributed by atoms with Crippen LogP contribution in [0.3, 0.4) is 0 Å². The Balaban J connectivity index is 2.08. The summed E-state index contributed by atoms with van der Waals surface area (Å²) < 4.78 is 0. The van der Waals surface area contributed by atoms with Gasteiger partial charge in [0.15, 0.2) is 0 Å². The summed E-state index contributed by atoms with van der Waals surface area (Å²) in [4.78, 5) is 17.9. The number of aromatic nitrogens is 1. The second-order valence-electron chi connectivity index (χ2n) is 4.87. The summed E-state index contributed by atoms with van der Waals surface area (Å²) in [6.07, 6.45) is 7.95. The summed E-state index contributed by atoms with van der Waals surface area (Å²) in [6, 6.07) is 3.62. The Hall–Kier alpha value is -1.89. The normalized spacial score (nSPS) is 15.3. The van der Waals surface area contributed by atoms with E-state index < -0.39 is 0 Å². The average Bonchev–Trinajstić information content (AvgIpc) is 2.90. The first kappa shape index (κ1) is 12.6. The first-order chi connectivity index (χ1) is 8.72. The van der Waals surface area contributed by atoms with Crippen molar-refractivity contribution in [1.82, 2.24) is 9.88 Å². The van der Waals surface area contributed by atoms with E-state index in [2.05, 4.69) is 4.98 Å². The summed E-state index contributed by atoms with van der Waals surface area (Å²) in [6.45, 7) is 0.776. The maximum Gasteiger partial charge on any atom is 0.256 e. The van der Waals surface area contributed by atoms with Gasteiger partial charge in [-0.1, -0.05) is 12.8 Å². The van der Waals surface area contributed by atoms with E-state index in [0.717, 1.165) is 6.54 Å². The van der Waals surface area contributed by atoms with Gasteiger partial charge in [-0.15, -0.1) is 0 Å². The molecule has 2 rings (SSSR count). The highest BCUT2D eigenvalue weighted by Crippen LogP contribution is 2.25. The number of pyridine rings is 1. The van der Waals surface area contributed by atoms with Gasteiger partial charge in [-0.2, -0.15) is 5.26 Å². The predicted octanol–water partition coefficient (Wildman–Crippen LogP) is 2.22. The minimum Gasteiger partial charge on any atom is -0.341 e. The molecule has 1 saturated carbocycles. The summed E-state index contributed by atoms with van der Waals surface area (Å²) in [5, 5.41) is 8.98. The van der Waals surface area contributed by atoms with Gasteiger partial charge in [-0.05, 0) is 24.8 Å². The van der Waals surface area contributed by atoms with Gasteiger partial charge in [0, 0.05) is 26.0 Å². The Morgan fingerprint density at radius 1 is 1.56 bits per heavy atom. The molecule has 0 unspecified atom stereocenters. The lowest BCUT2D eigenvalue weighted by molar-refractivity contribution is 0.0772. The molecule has 1 aliphatic carbocycles. The van der Waals surface area contributed by atoms with E-state index in [1.165, 1.54) is 38.1 Å². The molecule has 1 heterocycles. The molecule has 0 N–H and O–H groups in total. The lowest BCUT2D eigenvalue weighted by Crippen LogP contribution is -2.31. The van der Waals surface area contributed by atoms with Crippen LogP contribution in [0.5, 0.6) is 0 Å². The molecule has 1 aliphatic rings. The number of carbonyl (C=O) groups excluding carboxylic acids is 1. The topological polar surface area (TPSA) is 57.0 Å². The number of hydrogen-bond acceptors (Lipinski definition) is 3. The van der Waals surface area contributed by atoms with E-state index in [1.807, 2.05) is 6.07 Å². The van der Waals surface area contributed by atoms with Crippen molar-refractivity contribution in [2.24, 2.45) is 5.92 Å². The standard InChI is InChI=1S/C14H17N3O/c1-17(10-11-4-2-3-5-11)14(18)13-9-16-7-6-12(13)8-15/h6-7,9,11H,2-5,10H2,1H3. The van der Waals surface area contributed by atoms with Crippen LogP contribution >= 0.6 is 0 Å². The Morgan fingerprint density at radius 2 is 2.28 bits per heavy atom. The van der Waals surface area contributed by atoms with Gasteiger partial charge in [-0.25, -0.2) is 0 Å². The van der Waals surface area contributed by atoms with Gasteiger partial charge in [0.2, 0.25) is 0 Å². The van der Waals surface area contributed by atoms with Gasteiger partial charge in [-0.3, -0.25) is 9.78 Å². The van der Waals surface area contributed by atoms with Crippen molar-refractivity contribution < 1.29 is 4.79 Å². The minimum atomic E-state index is -0.105. The number of rotatable bonds is 3. The second kappa shape index (κ2) is 5.63. The zero-order chi connectivity index (χ0) is 13.0. The van der Waals surface area contributed by atoms with E-state index in [1.54, 1.807) is 18.0 Å². The van der Waals surface area contributed by atoms with Crippen LogP contribution in [0.4, 0.5) is 0 Å². The zero-order valence-electron chi connectivity index (χ0n) is 10.6. The molecule has 94 valence electrons. The molecule has 4 nitrogen and oxygen atoms in total. The summed E-state index contributed by atoms with van der Waals surface area (Å²) in [5.74, 6) is 0.507. The highest BCUT2D eigenvalue weighted by atomic mass is 16.2. The molecule has 0 bridgehead atoms. The summed E-state index contributed by atoms with van der Waals surface area (Å²) in [7, 11) is 1.80. The molecular weight excluding hydrogens is 226 g/mol. The number of carbonyl (C=O) groups is 1. The highest BCUT2D eigenvalue weighted by Gasteiger charge is 2.21. The van der Waals surface area contributed by atoms with Crippen LogP contribution in [0.1, 0.15) is 41.6 Å². The number of nitrogens with zero attached hydrogens (tertiary/aromatic N) is 3. The molecule has 1 fully saturated rings. The quantitative estimate of drug-likeness (QED) is 0.817. The first-order valence-electron chi connectivity index (χ1n) is 6.32. The van der Waals surface area contributed by atoms with Crippen LogP contribution in [0.15, 0.2) is 18.5 Å². The molecule has 1 aromatic heterocycles. The summed E-state index contributed by atoms with van der Waals surface area (Å²) >= 11 is 0. The molecule has 0 atom stereocenters. The van der Waals surface area contributed by atoms with Crippen LogP contribution in [0.2, 0.25) is 0 Å². The number of amides is 1. The van der Waals surface area contributed by atoms with Crippen molar-refractivity contribution in [3.63, 3.8) is 0 Å². The van der Waals surface area contributed by atoms with E-state index in [0.29, 0.717) is 17.0 Å². The monoisotopic (exact) mass is 243 g/mol. The number of nitriles is 1. The molecule has 18 heavy (non-hydrogen) atoms. The van der Waals surface area contributed by atoms with E-state index in [9.17, 15) is 4.79 Å². The van der Waals surface area contributed by atoms with Gasteiger partial charge < -0.3 is 4.90 Å². The average molecular weight is 243 g/mol. The van der Waals surface area contributed by atoms with Crippen molar-refractivity contribution >= 4 is 5.91 Å². The largest absolute Gasteiger partial charge is 0.341 e. The lowest BCUT2D eigenvalue weighted by Gasteiger charge is -2.21. The van der Waals surface area contributed by atoms with Crippen LogP contribution in [0, 0.1) is 17.2 Å². The molecule has 0 saturated heterocycles. The lowest BCUT2D eigenvalue weighted by atomic mass is 10.1. The van der Waals surface area contributed by atoms with Gasteiger partial charge in [0.1, 0.15) is 6.07 Å². The summed E-state index contributed by atoms with van der Waals surface area (Å²) in [5.41, 5.74) is 0.800. The minimum absolute atomic E-state index is 0.105. The van der Waals surface area contributed by atoms with Crippen LogP contribution in [-0.2, 0) is 0 Å². The van der Waals surface area contributed by atoms with Crippen LogP contribution in [0.25, 0.3) is 0 Å². The molecule has 1 amide bonds. The van der Waals surface area contributed by atoms with Gasteiger partial charge in [0.05, 0.1) is 11.1 Å². The second-order valence-corrected chi connectivity index (χ2v) is 4.87. The van der Waals surface area contributed by atoms with E-state index in [-0.39, 0.29) is 5.91 Å². The van der Waals surface area contributed by atoms with Crippen molar-refractivity contribution in [3.8, 4) is 6.07 Å². The first-order valence-corrected chi connectivity index (χ1v) is 6.32. The SMILES string of the molecule is CN(CC1CCCC1)C(=O)c1cnccc1C#N. The highest BCUT2D eigenvalue weighted by molar-refractivity contribution is 5.96. The Labute approximate surface area is 107 Å². The molecule has 0 aliphatic heterocycles. The molecule has 0 aromatic carbocycles. The number of hydrogen-bond donors (Lipinski definition) is 0. The maximum absolute atomic E-state index is 12.2. The third-order valence-electron chi connectivity index (χ3n) is 3.53. The van der Waals surface area contributed by atoms with Crippen LogP contribution < -0.4 is 0 Å². The van der Waals surface area contributed by atoms with Gasteiger partial charge in [0.25, 0.3) is 5.91 Å². The fourth-order valence-corrected chi connectivity index (χ4v) is 2.53. The third kappa shape index (κ3) is 2.67. The van der Waals surface area contributed by atoms with E-state index in [4.69, 9.17) is 5.26 Å². The Morgan fingerprint density at radius 3 is 2.94 bits per heavy atom. The molecule has 1 aromatic rings. The van der Waals surface area contributed by atoms with Gasteiger partial charge >= 0.3 is 0 Å². The van der Waals surface area contributed by atoms with Crippen molar-refractivity contribution in [3.05, 3.63) is 29.6 Å². The van der Waals surface area contributed by atoms with Crippen LogP contribution in [-0.4, -0.2) is 29.4 Å². The fourth-order valence-electron chi connectivity index (χ4n) is 2.53.